The number of amides is 1. The van der Waals surface area contributed by atoms with Crippen LogP contribution in [0.1, 0.15) is 43.8 Å². The number of pyridine rings is 1. The summed E-state index contributed by atoms with van der Waals surface area (Å²) in [7, 11) is 1.95. The number of nitrogens with zero attached hydrogens (tertiary/aromatic N) is 5. The Morgan fingerprint density at radius 3 is 2.55 bits per heavy atom. The van der Waals surface area contributed by atoms with Crippen LogP contribution in [0.15, 0.2) is 48.8 Å². The lowest BCUT2D eigenvalue weighted by molar-refractivity contribution is -0.130. The van der Waals surface area contributed by atoms with Crippen molar-refractivity contribution in [3.63, 3.8) is 0 Å². The van der Waals surface area contributed by atoms with Gasteiger partial charge in [-0.2, -0.15) is 0 Å². The van der Waals surface area contributed by atoms with Crippen LogP contribution < -0.4 is 4.90 Å². The maximum absolute atomic E-state index is 13.0. The molecule has 1 saturated heterocycles. The van der Waals surface area contributed by atoms with Crippen LogP contribution in [0.3, 0.4) is 0 Å². The molecule has 1 aliphatic carbocycles. The molecule has 1 saturated carbocycles. The van der Waals surface area contributed by atoms with E-state index in [9.17, 15) is 4.79 Å². The third kappa shape index (κ3) is 4.43. The predicted molar refractivity (Wildman–Crippen MR) is 123 cm³/mol. The Balaban J connectivity index is 1.15. The van der Waals surface area contributed by atoms with Crippen LogP contribution in [0.5, 0.6) is 0 Å². The van der Waals surface area contributed by atoms with Crippen LogP contribution in [0.25, 0.3) is 11.0 Å². The van der Waals surface area contributed by atoms with Crippen molar-refractivity contribution in [1.29, 1.82) is 0 Å². The predicted octanol–water partition coefficient (Wildman–Crippen LogP) is 4.07. The number of rotatable bonds is 7. The highest BCUT2D eigenvalue weighted by Gasteiger charge is 2.30. The zero-order valence-electron chi connectivity index (χ0n) is 18.3. The number of hydrogen-bond donors (Lipinski definition) is 0. The molecule has 3 heterocycles. The summed E-state index contributed by atoms with van der Waals surface area (Å²) in [5, 5.41) is 0. The number of benzene rings is 1. The highest BCUT2D eigenvalue weighted by Crippen LogP contribution is 2.40. The molecule has 2 aromatic heterocycles. The lowest BCUT2D eigenvalue weighted by atomic mass is 9.93. The highest BCUT2D eigenvalue weighted by molar-refractivity contribution is 5.81. The molecule has 0 bridgehead atoms. The molecule has 1 amide bonds. The van der Waals surface area contributed by atoms with Gasteiger partial charge >= 0.3 is 0 Å². The van der Waals surface area contributed by atoms with E-state index < -0.39 is 0 Å². The van der Waals surface area contributed by atoms with Crippen LogP contribution in [0.2, 0.25) is 0 Å². The summed E-state index contributed by atoms with van der Waals surface area (Å²) in [4.78, 5) is 26.3. The second kappa shape index (κ2) is 8.69. The first-order valence-electron chi connectivity index (χ1n) is 11.5. The third-order valence-corrected chi connectivity index (χ3v) is 6.86. The molecule has 0 unspecified atom stereocenters. The van der Waals surface area contributed by atoms with Crippen molar-refractivity contribution in [2.24, 2.45) is 5.92 Å². The number of para-hydroxylation sites is 2. The lowest BCUT2D eigenvalue weighted by Gasteiger charge is -2.34. The minimum atomic E-state index is 0.180. The van der Waals surface area contributed by atoms with Gasteiger partial charge < -0.3 is 14.4 Å². The van der Waals surface area contributed by atoms with E-state index >= 15 is 0 Å². The monoisotopic (exact) mass is 417 g/mol. The van der Waals surface area contributed by atoms with Gasteiger partial charge in [0.05, 0.1) is 11.0 Å². The highest BCUT2D eigenvalue weighted by atomic mass is 16.2. The van der Waals surface area contributed by atoms with Gasteiger partial charge in [-0.3, -0.25) is 9.78 Å². The molecule has 1 aromatic carbocycles. The molecule has 31 heavy (non-hydrogen) atoms. The van der Waals surface area contributed by atoms with E-state index in [0.29, 0.717) is 18.4 Å². The molecular weight excluding hydrogens is 386 g/mol. The van der Waals surface area contributed by atoms with E-state index in [1.165, 1.54) is 31.4 Å². The van der Waals surface area contributed by atoms with Crippen molar-refractivity contribution in [1.82, 2.24) is 19.4 Å². The molecule has 0 N–H and O–H groups in total. The average Bonchev–Trinajstić information content (AvgIpc) is 3.60. The van der Waals surface area contributed by atoms with E-state index in [1.54, 1.807) is 0 Å². The Bertz CT molecular complexity index is 1030. The molecule has 6 nitrogen and oxygen atoms in total. The minimum Gasteiger partial charge on any atom is -0.371 e. The minimum absolute atomic E-state index is 0.180. The van der Waals surface area contributed by atoms with Gasteiger partial charge in [-0.15, -0.1) is 0 Å². The fourth-order valence-corrected chi connectivity index (χ4v) is 4.71. The standard InChI is InChI=1S/C25H31N5O/c1-28(15-10-19-11-16-29(17-12-19)21-8-13-26-14-9-21)24(31)18-30-23-5-3-2-4-22(23)27-25(30)20-6-7-20/h2-5,8-9,13-14,19-20H,6-7,10-12,15-18H2,1H3. The largest absolute Gasteiger partial charge is 0.371 e. The maximum atomic E-state index is 13.0. The van der Waals surface area contributed by atoms with E-state index in [0.717, 1.165) is 42.9 Å². The normalized spacial score (nSPS) is 17.3. The summed E-state index contributed by atoms with van der Waals surface area (Å²) >= 11 is 0. The first-order valence-corrected chi connectivity index (χ1v) is 11.5. The van der Waals surface area contributed by atoms with Gasteiger partial charge in [0, 0.05) is 50.7 Å². The van der Waals surface area contributed by atoms with Gasteiger partial charge in [0.1, 0.15) is 12.4 Å². The zero-order chi connectivity index (χ0) is 21.2. The Labute approximate surface area is 183 Å². The Morgan fingerprint density at radius 2 is 1.81 bits per heavy atom. The quantitative estimate of drug-likeness (QED) is 0.581. The smallest absolute Gasteiger partial charge is 0.242 e. The second-order valence-corrected chi connectivity index (χ2v) is 9.06. The van der Waals surface area contributed by atoms with Gasteiger partial charge in [0.2, 0.25) is 5.91 Å². The van der Waals surface area contributed by atoms with Crippen LogP contribution in [-0.2, 0) is 11.3 Å². The molecule has 3 aromatic rings. The van der Waals surface area contributed by atoms with E-state index in [2.05, 4.69) is 32.7 Å². The summed E-state index contributed by atoms with van der Waals surface area (Å²) in [6.07, 6.45) is 9.54. The van der Waals surface area contributed by atoms with Crippen molar-refractivity contribution >= 4 is 22.6 Å². The molecule has 2 aliphatic rings. The molecule has 0 spiro atoms. The summed E-state index contributed by atoms with van der Waals surface area (Å²) in [5.74, 6) is 2.48. The number of piperidine rings is 1. The van der Waals surface area contributed by atoms with Crippen LogP contribution in [0.4, 0.5) is 5.69 Å². The van der Waals surface area contributed by atoms with E-state index in [4.69, 9.17) is 4.98 Å². The second-order valence-electron chi connectivity index (χ2n) is 9.06. The summed E-state index contributed by atoms with van der Waals surface area (Å²) in [6.45, 7) is 3.38. The van der Waals surface area contributed by atoms with Crippen LogP contribution in [-0.4, -0.2) is 52.0 Å². The number of likely N-dealkylation sites (N-methyl/N-ethyl adjacent to an activating group) is 1. The van der Waals surface area contributed by atoms with Crippen molar-refractivity contribution in [3.8, 4) is 0 Å². The fourth-order valence-electron chi connectivity index (χ4n) is 4.71. The number of carbonyl (C=O) groups is 1. The molecule has 2 fully saturated rings. The number of imidazole rings is 1. The molecule has 5 rings (SSSR count). The lowest BCUT2D eigenvalue weighted by Crippen LogP contribution is -2.36. The fraction of sp³-hybridized carbons (Fsp3) is 0.480. The Hall–Kier alpha value is -2.89. The first-order chi connectivity index (χ1) is 15.2. The number of carbonyl (C=O) groups excluding carboxylic acids is 1. The molecule has 162 valence electrons. The van der Waals surface area contributed by atoms with Gasteiger partial charge in [-0.25, -0.2) is 4.98 Å². The van der Waals surface area contributed by atoms with E-state index in [1.807, 2.05) is 42.5 Å². The maximum Gasteiger partial charge on any atom is 0.242 e. The van der Waals surface area contributed by atoms with Crippen molar-refractivity contribution < 1.29 is 4.79 Å². The first kappa shape index (κ1) is 20.0. The van der Waals surface area contributed by atoms with Gasteiger partial charge in [0.25, 0.3) is 0 Å². The molecule has 6 heteroatoms. The Morgan fingerprint density at radius 1 is 1.06 bits per heavy atom. The van der Waals surface area contributed by atoms with Crippen molar-refractivity contribution in [2.45, 2.75) is 44.6 Å². The molecule has 0 atom stereocenters. The van der Waals surface area contributed by atoms with Crippen molar-refractivity contribution in [3.05, 3.63) is 54.6 Å². The summed E-state index contributed by atoms with van der Waals surface area (Å²) in [6, 6.07) is 12.3. The topological polar surface area (TPSA) is 54.3 Å². The average molecular weight is 418 g/mol. The molecule has 0 radical (unpaired) electrons. The number of fused-ring (bicyclic) bond motifs is 1. The number of hydrogen-bond acceptors (Lipinski definition) is 4. The van der Waals surface area contributed by atoms with Gasteiger partial charge in [-0.1, -0.05) is 12.1 Å². The van der Waals surface area contributed by atoms with Crippen molar-refractivity contribution in [2.75, 3.05) is 31.6 Å². The Kier molecular flexibility index (Phi) is 5.62. The number of anilines is 1. The van der Waals surface area contributed by atoms with E-state index in [-0.39, 0.29) is 5.91 Å². The molecular formula is C25H31N5O. The van der Waals surface area contributed by atoms with Gasteiger partial charge in [0.15, 0.2) is 0 Å². The van der Waals surface area contributed by atoms with Crippen LogP contribution in [0, 0.1) is 5.92 Å². The molecule has 1 aliphatic heterocycles. The zero-order valence-corrected chi connectivity index (χ0v) is 18.3. The third-order valence-electron chi connectivity index (χ3n) is 6.86. The SMILES string of the molecule is CN(CCC1CCN(c2ccncc2)CC1)C(=O)Cn1c(C2CC2)nc2ccccc21. The summed E-state index contributed by atoms with van der Waals surface area (Å²) < 4.78 is 2.15. The summed E-state index contributed by atoms with van der Waals surface area (Å²) in [5.41, 5.74) is 3.34. The van der Waals surface area contributed by atoms with Gasteiger partial charge in [-0.05, 0) is 62.3 Å². The number of aromatic nitrogens is 3. The van der Waals surface area contributed by atoms with Crippen LogP contribution >= 0.6 is 0 Å².